The van der Waals surface area contributed by atoms with Crippen LogP contribution in [0.25, 0.3) is 0 Å². The molecule has 0 nitrogen and oxygen atoms in total. The summed E-state index contributed by atoms with van der Waals surface area (Å²) in [6, 6.07) is 0. The van der Waals surface area contributed by atoms with Gasteiger partial charge in [0.05, 0.1) is 0 Å². The molecule has 172 valence electrons. The van der Waals surface area contributed by atoms with Gasteiger partial charge in [-0.15, -0.1) is 0 Å². The van der Waals surface area contributed by atoms with Crippen molar-refractivity contribution in [2.45, 2.75) is 156 Å². The van der Waals surface area contributed by atoms with Crippen molar-refractivity contribution < 1.29 is 0 Å². The van der Waals surface area contributed by atoms with Crippen molar-refractivity contribution in [2.24, 2.45) is 5.92 Å². The van der Waals surface area contributed by atoms with Crippen LogP contribution in [0.1, 0.15) is 156 Å². The van der Waals surface area contributed by atoms with Gasteiger partial charge in [0.15, 0.2) is 0 Å². The molecule has 0 aromatic heterocycles. The first-order valence-corrected chi connectivity index (χ1v) is 13.6. The van der Waals surface area contributed by atoms with Crippen molar-refractivity contribution in [3.8, 4) is 0 Å². The largest absolute Gasteiger partial charge is 0.0885 e. The number of hydrogen-bond acceptors (Lipinski definition) is 0. The molecule has 0 aliphatic carbocycles. The van der Waals surface area contributed by atoms with Gasteiger partial charge in [-0.2, -0.15) is 0 Å². The van der Waals surface area contributed by atoms with E-state index in [4.69, 9.17) is 0 Å². The van der Waals surface area contributed by atoms with Crippen molar-refractivity contribution in [1.29, 1.82) is 0 Å². The highest BCUT2D eigenvalue weighted by atomic mass is 14.1. The van der Waals surface area contributed by atoms with Gasteiger partial charge in [-0.05, 0) is 57.3 Å². The summed E-state index contributed by atoms with van der Waals surface area (Å²) >= 11 is 0. The van der Waals surface area contributed by atoms with Crippen molar-refractivity contribution in [1.82, 2.24) is 0 Å². The standard InChI is InChI=1S/C29H56/c1-4-6-8-10-12-14-16-17-18-20-22-24-26-28-29(3)27-25-23-21-19-15-13-11-9-7-5-2/h18,20-21,23,29H,4-17,19,22,24-28H2,1-3H3. The van der Waals surface area contributed by atoms with E-state index in [2.05, 4.69) is 45.1 Å². The normalized spacial score (nSPS) is 13.1. The zero-order valence-corrected chi connectivity index (χ0v) is 20.7. The predicted molar refractivity (Wildman–Crippen MR) is 136 cm³/mol. The third-order valence-electron chi connectivity index (χ3n) is 6.18. The molecule has 1 atom stereocenters. The summed E-state index contributed by atoms with van der Waals surface area (Å²) in [5.41, 5.74) is 0. The van der Waals surface area contributed by atoms with Crippen LogP contribution in [0.2, 0.25) is 0 Å². The lowest BCUT2D eigenvalue weighted by atomic mass is 9.98. The molecule has 0 aliphatic rings. The van der Waals surface area contributed by atoms with E-state index in [0.29, 0.717) is 0 Å². The van der Waals surface area contributed by atoms with Crippen LogP contribution in [0.3, 0.4) is 0 Å². The molecule has 0 aromatic carbocycles. The Kier molecular flexibility index (Phi) is 25.1. The van der Waals surface area contributed by atoms with Gasteiger partial charge >= 0.3 is 0 Å². The van der Waals surface area contributed by atoms with Crippen LogP contribution in [-0.2, 0) is 0 Å². The molecule has 0 fully saturated rings. The Morgan fingerprint density at radius 1 is 0.414 bits per heavy atom. The van der Waals surface area contributed by atoms with E-state index < -0.39 is 0 Å². The second kappa shape index (κ2) is 25.5. The van der Waals surface area contributed by atoms with Gasteiger partial charge in [0.2, 0.25) is 0 Å². The fourth-order valence-corrected chi connectivity index (χ4v) is 4.01. The Labute approximate surface area is 186 Å². The van der Waals surface area contributed by atoms with E-state index in [1.54, 1.807) is 0 Å². The summed E-state index contributed by atoms with van der Waals surface area (Å²) in [6.45, 7) is 7.03. The predicted octanol–water partition coefficient (Wildman–Crippen LogP) is 11.0. The molecule has 1 unspecified atom stereocenters. The van der Waals surface area contributed by atoms with Crippen LogP contribution in [0.15, 0.2) is 24.3 Å². The minimum atomic E-state index is 0.894. The molecular weight excluding hydrogens is 348 g/mol. The lowest BCUT2D eigenvalue weighted by Gasteiger charge is -2.08. The maximum absolute atomic E-state index is 2.44. The zero-order valence-electron chi connectivity index (χ0n) is 20.7. The summed E-state index contributed by atoms with van der Waals surface area (Å²) in [6.07, 6.45) is 38.9. The molecule has 0 radical (unpaired) electrons. The number of allylic oxidation sites excluding steroid dienone is 4. The second-order valence-electron chi connectivity index (χ2n) is 9.38. The second-order valence-corrected chi connectivity index (χ2v) is 9.38. The lowest BCUT2D eigenvalue weighted by Crippen LogP contribution is -1.93. The molecule has 0 rings (SSSR count). The molecule has 0 aliphatic heterocycles. The number of unbranched alkanes of at least 4 members (excludes halogenated alkanes) is 15. The van der Waals surface area contributed by atoms with Crippen molar-refractivity contribution >= 4 is 0 Å². The molecule has 0 saturated heterocycles. The van der Waals surface area contributed by atoms with Crippen molar-refractivity contribution in [3.05, 3.63) is 24.3 Å². The fourth-order valence-electron chi connectivity index (χ4n) is 4.01. The van der Waals surface area contributed by atoms with Crippen LogP contribution in [-0.4, -0.2) is 0 Å². The Balaban J connectivity index is 3.28. The summed E-state index contributed by atoms with van der Waals surface area (Å²) in [5, 5.41) is 0. The van der Waals surface area contributed by atoms with Gasteiger partial charge in [0.1, 0.15) is 0 Å². The fraction of sp³-hybridized carbons (Fsp3) is 0.862. The molecule has 0 heterocycles. The van der Waals surface area contributed by atoms with Gasteiger partial charge < -0.3 is 0 Å². The van der Waals surface area contributed by atoms with Crippen LogP contribution < -0.4 is 0 Å². The van der Waals surface area contributed by atoms with E-state index in [1.807, 2.05) is 0 Å². The average molecular weight is 405 g/mol. The Morgan fingerprint density at radius 2 is 0.793 bits per heavy atom. The van der Waals surface area contributed by atoms with E-state index in [0.717, 1.165) is 5.92 Å². The van der Waals surface area contributed by atoms with Crippen LogP contribution >= 0.6 is 0 Å². The highest BCUT2D eigenvalue weighted by Gasteiger charge is 2.00. The molecule has 0 saturated carbocycles. The van der Waals surface area contributed by atoms with Crippen LogP contribution in [0, 0.1) is 5.92 Å². The zero-order chi connectivity index (χ0) is 21.3. The molecule has 0 amide bonds. The molecule has 0 bridgehead atoms. The maximum atomic E-state index is 2.44. The molecule has 0 N–H and O–H groups in total. The van der Waals surface area contributed by atoms with E-state index >= 15 is 0 Å². The molecular formula is C29H56. The first-order valence-electron chi connectivity index (χ1n) is 13.6. The molecule has 29 heavy (non-hydrogen) atoms. The van der Waals surface area contributed by atoms with Crippen molar-refractivity contribution in [3.63, 3.8) is 0 Å². The lowest BCUT2D eigenvalue weighted by molar-refractivity contribution is 0.470. The summed E-state index contributed by atoms with van der Waals surface area (Å²) in [5.74, 6) is 0.894. The first-order chi connectivity index (χ1) is 14.3. The Hall–Kier alpha value is -0.520. The minimum Gasteiger partial charge on any atom is -0.0885 e. The molecule has 0 heteroatoms. The van der Waals surface area contributed by atoms with Crippen molar-refractivity contribution in [2.75, 3.05) is 0 Å². The van der Waals surface area contributed by atoms with E-state index in [9.17, 15) is 0 Å². The van der Waals surface area contributed by atoms with Gasteiger partial charge in [0.25, 0.3) is 0 Å². The third kappa shape index (κ3) is 25.4. The smallest absolute Gasteiger partial charge is 0.0348 e. The minimum absolute atomic E-state index is 0.894. The maximum Gasteiger partial charge on any atom is -0.0348 e. The highest BCUT2D eigenvalue weighted by Crippen LogP contribution is 2.16. The Morgan fingerprint density at radius 3 is 1.28 bits per heavy atom. The topological polar surface area (TPSA) is 0 Å². The highest BCUT2D eigenvalue weighted by molar-refractivity contribution is 4.83. The molecule has 0 spiro atoms. The van der Waals surface area contributed by atoms with E-state index in [-0.39, 0.29) is 0 Å². The molecule has 0 aromatic rings. The van der Waals surface area contributed by atoms with Crippen LogP contribution in [0.4, 0.5) is 0 Å². The van der Waals surface area contributed by atoms with Gasteiger partial charge in [0, 0.05) is 0 Å². The SMILES string of the molecule is CCCCCCCCC=CCCC(C)CCCCC=CCCCCCCCCC. The van der Waals surface area contributed by atoms with Gasteiger partial charge in [-0.3, -0.25) is 0 Å². The summed E-state index contributed by atoms with van der Waals surface area (Å²) < 4.78 is 0. The Bertz CT molecular complexity index is 338. The van der Waals surface area contributed by atoms with E-state index in [1.165, 1.54) is 135 Å². The first kappa shape index (κ1) is 28.5. The average Bonchev–Trinajstić information content (AvgIpc) is 2.72. The number of hydrogen-bond donors (Lipinski definition) is 0. The quantitative estimate of drug-likeness (QED) is 0.117. The summed E-state index contributed by atoms with van der Waals surface area (Å²) in [7, 11) is 0. The van der Waals surface area contributed by atoms with Gasteiger partial charge in [-0.1, -0.05) is 129 Å². The van der Waals surface area contributed by atoms with Crippen LogP contribution in [0.5, 0.6) is 0 Å². The monoisotopic (exact) mass is 404 g/mol. The third-order valence-corrected chi connectivity index (χ3v) is 6.18. The number of rotatable bonds is 23. The van der Waals surface area contributed by atoms with Gasteiger partial charge in [-0.25, -0.2) is 0 Å². The summed E-state index contributed by atoms with van der Waals surface area (Å²) in [4.78, 5) is 0.